The maximum Gasteiger partial charge on any atom is 0.339 e. The molecule has 106 valence electrons. The standard InChI is InChI=1S/C16H20N2O2/c1-12(2)15-14(16(19)20)11-17-18(15)10-6-9-13-7-4-3-5-8-13/h3-5,7-8,11-12H,6,9-10H2,1-2H3,(H,19,20). The van der Waals surface area contributed by atoms with Crippen LogP contribution in [-0.2, 0) is 13.0 Å². The number of carbonyl (C=O) groups is 1. The second-order valence-corrected chi connectivity index (χ2v) is 5.22. The Balaban J connectivity index is 2.04. The zero-order chi connectivity index (χ0) is 14.5. The number of hydrogen-bond donors (Lipinski definition) is 1. The molecule has 0 saturated carbocycles. The van der Waals surface area contributed by atoms with E-state index in [1.54, 1.807) is 0 Å². The summed E-state index contributed by atoms with van der Waals surface area (Å²) in [6.07, 6.45) is 3.38. The van der Waals surface area contributed by atoms with Crippen molar-refractivity contribution in [2.45, 2.75) is 39.2 Å². The lowest BCUT2D eigenvalue weighted by Crippen LogP contribution is -2.10. The molecule has 1 N–H and O–H groups in total. The van der Waals surface area contributed by atoms with Crippen LogP contribution in [0.5, 0.6) is 0 Å². The minimum atomic E-state index is -0.900. The molecule has 0 fully saturated rings. The van der Waals surface area contributed by atoms with Crippen LogP contribution < -0.4 is 0 Å². The van der Waals surface area contributed by atoms with Crippen LogP contribution in [0.25, 0.3) is 0 Å². The number of rotatable bonds is 6. The Bertz CT molecular complexity index is 573. The molecular formula is C16H20N2O2. The molecule has 0 bridgehead atoms. The monoisotopic (exact) mass is 272 g/mol. The fourth-order valence-corrected chi connectivity index (χ4v) is 2.42. The molecule has 20 heavy (non-hydrogen) atoms. The number of carboxylic acids is 1. The summed E-state index contributed by atoms with van der Waals surface area (Å²) in [5.41, 5.74) is 2.43. The Kier molecular flexibility index (Phi) is 4.56. The molecule has 0 saturated heterocycles. The molecule has 2 aromatic rings. The number of hydrogen-bond acceptors (Lipinski definition) is 2. The van der Waals surface area contributed by atoms with Gasteiger partial charge in [0.2, 0.25) is 0 Å². The van der Waals surface area contributed by atoms with E-state index in [4.69, 9.17) is 0 Å². The van der Waals surface area contributed by atoms with E-state index in [0.717, 1.165) is 25.1 Å². The van der Waals surface area contributed by atoms with E-state index in [0.29, 0.717) is 5.56 Å². The zero-order valence-corrected chi connectivity index (χ0v) is 11.9. The normalized spacial score (nSPS) is 10.9. The van der Waals surface area contributed by atoms with Crippen molar-refractivity contribution in [1.82, 2.24) is 9.78 Å². The molecule has 0 aliphatic carbocycles. The Morgan fingerprint density at radius 3 is 2.60 bits per heavy atom. The van der Waals surface area contributed by atoms with Gasteiger partial charge in [-0.25, -0.2) is 4.79 Å². The highest BCUT2D eigenvalue weighted by atomic mass is 16.4. The van der Waals surface area contributed by atoms with Gasteiger partial charge in [-0.3, -0.25) is 4.68 Å². The van der Waals surface area contributed by atoms with Crippen LogP contribution in [0.2, 0.25) is 0 Å². The molecule has 1 aromatic carbocycles. The third-order valence-electron chi connectivity index (χ3n) is 3.34. The summed E-state index contributed by atoms with van der Waals surface area (Å²) in [7, 11) is 0. The van der Waals surface area contributed by atoms with Crippen molar-refractivity contribution >= 4 is 5.97 Å². The number of benzene rings is 1. The van der Waals surface area contributed by atoms with Gasteiger partial charge < -0.3 is 5.11 Å². The van der Waals surface area contributed by atoms with Gasteiger partial charge in [0, 0.05) is 6.54 Å². The molecule has 0 amide bonds. The van der Waals surface area contributed by atoms with Gasteiger partial charge in [0.25, 0.3) is 0 Å². The van der Waals surface area contributed by atoms with E-state index in [1.807, 2.05) is 36.7 Å². The van der Waals surface area contributed by atoms with Gasteiger partial charge in [-0.05, 0) is 24.3 Å². The van der Waals surface area contributed by atoms with Crippen LogP contribution in [-0.4, -0.2) is 20.9 Å². The summed E-state index contributed by atoms with van der Waals surface area (Å²) in [6.45, 7) is 4.74. The van der Waals surface area contributed by atoms with E-state index in [-0.39, 0.29) is 5.92 Å². The number of nitrogens with zero attached hydrogens (tertiary/aromatic N) is 2. The van der Waals surface area contributed by atoms with Gasteiger partial charge in [-0.15, -0.1) is 0 Å². The van der Waals surface area contributed by atoms with Gasteiger partial charge in [0.1, 0.15) is 5.56 Å². The third-order valence-corrected chi connectivity index (χ3v) is 3.34. The number of aromatic nitrogens is 2. The average molecular weight is 272 g/mol. The molecule has 4 nitrogen and oxygen atoms in total. The van der Waals surface area contributed by atoms with Crippen molar-refractivity contribution in [1.29, 1.82) is 0 Å². The predicted molar refractivity (Wildman–Crippen MR) is 78.0 cm³/mol. The van der Waals surface area contributed by atoms with Crippen molar-refractivity contribution in [3.05, 3.63) is 53.3 Å². The van der Waals surface area contributed by atoms with Crippen LogP contribution >= 0.6 is 0 Å². The molecule has 0 radical (unpaired) electrons. The highest BCUT2D eigenvalue weighted by molar-refractivity contribution is 5.88. The van der Waals surface area contributed by atoms with E-state index in [9.17, 15) is 9.90 Å². The van der Waals surface area contributed by atoms with Crippen LogP contribution in [0.3, 0.4) is 0 Å². The van der Waals surface area contributed by atoms with Crippen LogP contribution in [0.4, 0.5) is 0 Å². The molecule has 0 unspecified atom stereocenters. The fourth-order valence-electron chi connectivity index (χ4n) is 2.42. The minimum Gasteiger partial charge on any atom is -0.478 e. The molecule has 0 aliphatic heterocycles. The lowest BCUT2D eigenvalue weighted by Gasteiger charge is -2.11. The summed E-state index contributed by atoms with van der Waals surface area (Å²) in [5, 5.41) is 13.4. The number of aryl methyl sites for hydroxylation is 2. The Labute approximate surface area is 119 Å². The largest absolute Gasteiger partial charge is 0.478 e. The fraction of sp³-hybridized carbons (Fsp3) is 0.375. The molecule has 0 atom stereocenters. The SMILES string of the molecule is CC(C)c1c(C(=O)O)cnn1CCCc1ccccc1. The Morgan fingerprint density at radius 2 is 2.00 bits per heavy atom. The molecule has 1 heterocycles. The quantitative estimate of drug-likeness (QED) is 0.877. The van der Waals surface area contributed by atoms with Gasteiger partial charge in [-0.1, -0.05) is 44.2 Å². The van der Waals surface area contributed by atoms with Crippen molar-refractivity contribution in [3.8, 4) is 0 Å². The van der Waals surface area contributed by atoms with Crippen molar-refractivity contribution in [2.75, 3.05) is 0 Å². The maximum atomic E-state index is 11.2. The first-order valence-electron chi connectivity index (χ1n) is 6.92. The lowest BCUT2D eigenvalue weighted by molar-refractivity contribution is 0.0695. The average Bonchev–Trinajstić information content (AvgIpc) is 2.84. The number of carboxylic acid groups (broad SMARTS) is 1. The Morgan fingerprint density at radius 1 is 1.30 bits per heavy atom. The van der Waals surface area contributed by atoms with E-state index >= 15 is 0 Å². The molecular weight excluding hydrogens is 252 g/mol. The second-order valence-electron chi connectivity index (χ2n) is 5.22. The molecule has 1 aromatic heterocycles. The van der Waals surface area contributed by atoms with Gasteiger partial charge in [-0.2, -0.15) is 5.10 Å². The lowest BCUT2D eigenvalue weighted by atomic mass is 10.1. The molecule has 4 heteroatoms. The summed E-state index contributed by atoms with van der Waals surface area (Å²) < 4.78 is 1.83. The topological polar surface area (TPSA) is 55.1 Å². The third kappa shape index (κ3) is 3.26. The predicted octanol–water partition coefficient (Wildman–Crippen LogP) is 3.34. The van der Waals surface area contributed by atoms with Crippen LogP contribution in [0.15, 0.2) is 36.5 Å². The maximum absolute atomic E-state index is 11.2. The van der Waals surface area contributed by atoms with Crippen LogP contribution in [0.1, 0.15) is 47.8 Å². The highest BCUT2D eigenvalue weighted by Crippen LogP contribution is 2.20. The first-order valence-corrected chi connectivity index (χ1v) is 6.92. The highest BCUT2D eigenvalue weighted by Gasteiger charge is 2.18. The Hall–Kier alpha value is -2.10. The molecule has 2 rings (SSSR count). The van der Waals surface area contributed by atoms with Crippen molar-refractivity contribution in [2.24, 2.45) is 0 Å². The van der Waals surface area contributed by atoms with Gasteiger partial charge in [0.15, 0.2) is 0 Å². The van der Waals surface area contributed by atoms with Crippen molar-refractivity contribution in [3.63, 3.8) is 0 Å². The number of aromatic carboxylic acids is 1. The second kappa shape index (κ2) is 6.37. The molecule has 0 aliphatic rings. The first-order chi connectivity index (χ1) is 9.59. The van der Waals surface area contributed by atoms with Gasteiger partial charge >= 0.3 is 5.97 Å². The summed E-state index contributed by atoms with van der Waals surface area (Å²) in [5.74, 6) is -0.747. The minimum absolute atomic E-state index is 0.153. The summed E-state index contributed by atoms with van der Waals surface area (Å²) in [4.78, 5) is 11.2. The first kappa shape index (κ1) is 14.3. The summed E-state index contributed by atoms with van der Waals surface area (Å²) >= 11 is 0. The smallest absolute Gasteiger partial charge is 0.339 e. The molecule has 0 spiro atoms. The van der Waals surface area contributed by atoms with Gasteiger partial charge in [0.05, 0.1) is 11.9 Å². The van der Waals surface area contributed by atoms with E-state index in [2.05, 4.69) is 17.2 Å². The van der Waals surface area contributed by atoms with E-state index in [1.165, 1.54) is 11.8 Å². The van der Waals surface area contributed by atoms with Crippen LogP contribution in [0, 0.1) is 0 Å². The van der Waals surface area contributed by atoms with Crippen molar-refractivity contribution < 1.29 is 9.90 Å². The summed E-state index contributed by atoms with van der Waals surface area (Å²) in [6, 6.07) is 10.3. The zero-order valence-electron chi connectivity index (χ0n) is 11.9. The van der Waals surface area contributed by atoms with E-state index < -0.39 is 5.97 Å².